The maximum atomic E-state index is 10.6. The Balaban J connectivity index is 2.70. The summed E-state index contributed by atoms with van der Waals surface area (Å²) in [6, 6.07) is -1.58. The minimum absolute atomic E-state index is 0.397. The van der Waals surface area contributed by atoms with Gasteiger partial charge in [-0.2, -0.15) is 0 Å². The quantitative estimate of drug-likeness (QED) is 0.352. The number of nitrogens with two attached hydrogens (primary N) is 1. The standard InChI is InChI=1S/C8H16N2O5/c1-3-5(10-8(9)14)7(13)6(12)4(2-11)15-3/h3-7,11-13H,2H2,1H3,(H3,9,10,14)/t3?,4?,5?,6-,7?/m1/s1. The Hall–Kier alpha value is -0.890. The number of aliphatic hydroxyl groups is 3. The fraction of sp³-hybridized carbons (Fsp3) is 0.875. The number of primary amides is 1. The molecule has 0 saturated carbocycles. The molecule has 7 heteroatoms. The van der Waals surface area contributed by atoms with Crippen LogP contribution < -0.4 is 11.1 Å². The smallest absolute Gasteiger partial charge is 0.312 e. The van der Waals surface area contributed by atoms with Crippen LogP contribution in [-0.4, -0.2) is 58.4 Å². The van der Waals surface area contributed by atoms with E-state index in [0.29, 0.717) is 0 Å². The molecule has 1 aliphatic rings. The first-order valence-corrected chi connectivity index (χ1v) is 4.65. The highest BCUT2D eigenvalue weighted by Crippen LogP contribution is 2.20. The van der Waals surface area contributed by atoms with Gasteiger partial charge in [0.25, 0.3) is 0 Å². The van der Waals surface area contributed by atoms with Gasteiger partial charge >= 0.3 is 6.03 Å². The number of ether oxygens (including phenoxy) is 1. The first-order chi connectivity index (χ1) is 6.97. The minimum atomic E-state index is -1.25. The molecule has 0 aromatic carbocycles. The predicted octanol–water partition coefficient (Wildman–Crippen LogP) is -2.48. The average Bonchev–Trinajstić information content (AvgIpc) is 2.18. The lowest BCUT2D eigenvalue weighted by molar-refractivity contribution is -0.187. The normalized spacial score (nSPS) is 41.2. The van der Waals surface area contributed by atoms with E-state index in [4.69, 9.17) is 15.6 Å². The molecule has 1 saturated heterocycles. The molecule has 7 nitrogen and oxygen atoms in total. The Morgan fingerprint density at radius 3 is 2.53 bits per heavy atom. The Morgan fingerprint density at radius 1 is 1.47 bits per heavy atom. The monoisotopic (exact) mass is 220 g/mol. The number of amides is 2. The number of carbonyl (C=O) groups is 1. The van der Waals surface area contributed by atoms with Crippen LogP contribution >= 0.6 is 0 Å². The van der Waals surface area contributed by atoms with Gasteiger partial charge in [0, 0.05) is 0 Å². The van der Waals surface area contributed by atoms with E-state index in [0.717, 1.165) is 0 Å². The summed E-state index contributed by atoms with van der Waals surface area (Å²) in [7, 11) is 0. The fourth-order valence-corrected chi connectivity index (χ4v) is 1.67. The van der Waals surface area contributed by atoms with Gasteiger partial charge in [-0.05, 0) is 6.92 Å². The molecule has 0 aromatic heterocycles. The summed E-state index contributed by atoms with van der Waals surface area (Å²) in [6.45, 7) is 1.21. The van der Waals surface area contributed by atoms with Gasteiger partial charge in [0.15, 0.2) is 0 Å². The van der Waals surface area contributed by atoms with Crippen molar-refractivity contribution >= 4 is 6.03 Å². The summed E-state index contributed by atoms with van der Waals surface area (Å²) >= 11 is 0. The zero-order valence-electron chi connectivity index (χ0n) is 8.33. The van der Waals surface area contributed by atoms with Crippen molar-refractivity contribution in [2.75, 3.05) is 6.61 Å². The van der Waals surface area contributed by atoms with E-state index >= 15 is 0 Å². The second kappa shape index (κ2) is 4.75. The predicted molar refractivity (Wildman–Crippen MR) is 49.9 cm³/mol. The third-order valence-corrected chi connectivity index (χ3v) is 2.48. The van der Waals surface area contributed by atoms with E-state index in [1.165, 1.54) is 0 Å². The van der Waals surface area contributed by atoms with Gasteiger partial charge < -0.3 is 31.1 Å². The van der Waals surface area contributed by atoms with E-state index in [2.05, 4.69) is 5.32 Å². The van der Waals surface area contributed by atoms with Crippen molar-refractivity contribution < 1.29 is 24.9 Å². The van der Waals surface area contributed by atoms with Crippen molar-refractivity contribution in [3.63, 3.8) is 0 Å². The van der Waals surface area contributed by atoms with Gasteiger partial charge in [0.05, 0.1) is 18.8 Å². The van der Waals surface area contributed by atoms with Crippen molar-refractivity contribution in [1.29, 1.82) is 0 Å². The highest BCUT2D eigenvalue weighted by molar-refractivity contribution is 5.72. The lowest BCUT2D eigenvalue weighted by Crippen LogP contribution is -2.64. The van der Waals surface area contributed by atoms with Crippen LogP contribution in [0.15, 0.2) is 0 Å². The Kier molecular flexibility index (Phi) is 3.86. The van der Waals surface area contributed by atoms with Gasteiger partial charge in [0.1, 0.15) is 18.3 Å². The first kappa shape index (κ1) is 12.2. The first-order valence-electron chi connectivity index (χ1n) is 4.65. The van der Waals surface area contributed by atoms with E-state index in [1.807, 2.05) is 0 Å². The number of carbonyl (C=O) groups excluding carboxylic acids is 1. The number of rotatable bonds is 2. The lowest BCUT2D eigenvalue weighted by Gasteiger charge is -2.41. The summed E-state index contributed by atoms with van der Waals surface area (Å²) in [6.07, 6.45) is -3.84. The molecule has 1 fully saturated rings. The van der Waals surface area contributed by atoms with Crippen LogP contribution in [0.2, 0.25) is 0 Å². The molecule has 0 radical (unpaired) electrons. The van der Waals surface area contributed by atoms with Crippen molar-refractivity contribution in [1.82, 2.24) is 5.32 Å². The Bertz CT molecular complexity index is 237. The number of hydrogen-bond donors (Lipinski definition) is 5. The Labute approximate surface area is 86.8 Å². The van der Waals surface area contributed by atoms with E-state index in [1.54, 1.807) is 6.92 Å². The van der Waals surface area contributed by atoms with Crippen molar-refractivity contribution in [3.8, 4) is 0 Å². The molecule has 88 valence electrons. The highest BCUT2D eigenvalue weighted by Gasteiger charge is 2.42. The molecular formula is C8H16N2O5. The zero-order chi connectivity index (χ0) is 11.6. The molecule has 6 N–H and O–H groups in total. The SMILES string of the molecule is CC1OC(CO)[C@@H](O)C(O)C1NC(N)=O. The van der Waals surface area contributed by atoms with Crippen LogP contribution in [-0.2, 0) is 4.74 Å². The summed E-state index contributed by atoms with van der Waals surface area (Å²) < 4.78 is 5.20. The molecule has 0 spiro atoms. The minimum Gasteiger partial charge on any atom is -0.394 e. The number of nitrogens with one attached hydrogen (secondary N) is 1. The van der Waals surface area contributed by atoms with E-state index < -0.39 is 43.1 Å². The molecule has 0 aliphatic carbocycles. The second-order valence-electron chi connectivity index (χ2n) is 3.58. The number of hydrogen-bond acceptors (Lipinski definition) is 5. The largest absolute Gasteiger partial charge is 0.394 e. The van der Waals surface area contributed by atoms with E-state index in [9.17, 15) is 15.0 Å². The third-order valence-electron chi connectivity index (χ3n) is 2.48. The zero-order valence-corrected chi connectivity index (χ0v) is 8.33. The van der Waals surface area contributed by atoms with Gasteiger partial charge in [-0.1, -0.05) is 0 Å². The number of urea groups is 1. The van der Waals surface area contributed by atoms with Crippen molar-refractivity contribution in [2.45, 2.75) is 37.4 Å². The molecule has 1 rings (SSSR count). The van der Waals surface area contributed by atoms with Gasteiger partial charge in [-0.25, -0.2) is 4.79 Å². The van der Waals surface area contributed by atoms with Crippen LogP contribution in [0.1, 0.15) is 6.92 Å². The van der Waals surface area contributed by atoms with E-state index in [-0.39, 0.29) is 0 Å². The Morgan fingerprint density at radius 2 is 2.07 bits per heavy atom. The second-order valence-corrected chi connectivity index (χ2v) is 3.58. The van der Waals surface area contributed by atoms with Crippen molar-refractivity contribution in [2.24, 2.45) is 5.73 Å². The molecule has 4 unspecified atom stereocenters. The molecule has 2 amide bonds. The van der Waals surface area contributed by atoms with Crippen LogP contribution in [0.25, 0.3) is 0 Å². The maximum Gasteiger partial charge on any atom is 0.312 e. The topological polar surface area (TPSA) is 125 Å². The van der Waals surface area contributed by atoms with Crippen LogP contribution in [0.3, 0.4) is 0 Å². The average molecular weight is 220 g/mol. The molecule has 0 aromatic rings. The summed E-state index contributed by atoms with van der Waals surface area (Å²) in [5.41, 5.74) is 4.91. The lowest BCUT2D eigenvalue weighted by atomic mass is 9.94. The molecule has 1 heterocycles. The maximum absolute atomic E-state index is 10.6. The van der Waals surface area contributed by atoms with Gasteiger partial charge in [0.2, 0.25) is 0 Å². The number of aliphatic hydroxyl groups excluding tert-OH is 3. The third kappa shape index (κ3) is 2.57. The summed E-state index contributed by atoms with van der Waals surface area (Å²) in [4.78, 5) is 10.6. The molecule has 0 bridgehead atoms. The van der Waals surface area contributed by atoms with Gasteiger partial charge in [-0.15, -0.1) is 0 Å². The van der Waals surface area contributed by atoms with Crippen molar-refractivity contribution in [3.05, 3.63) is 0 Å². The van der Waals surface area contributed by atoms with Gasteiger partial charge in [-0.3, -0.25) is 0 Å². The molecular weight excluding hydrogens is 204 g/mol. The molecule has 1 aliphatic heterocycles. The molecule has 15 heavy (non-hydrogen) atoms. The van der Waals surface area contributed by atoms with Crippen LogP contribution in [0, 0.1) is 0 Å². The van der Waals surface area contributed by atoms with Crippen LogP contribution in [0.5, 0.6) is 0 Å². The summed E-state index contributed by atoms with van der Waals surface area (Å²) in [5.74, 6) is 0. The molecule has 5 atom stereocenters. The fourth-order valence-electron chi connectivity index (χ4n) is 1.67. The van der Waals surface area contributed by atoms with Crippen LogP contribution in [0.4, 0.5) is 4.79 Å². The highest BCUT2D eigenvalue weighted by atomic mass is 16.5. The summed E-state index contributed by atoms with van der Waals surface area (Å²) in [5, 5.41) is 30.3.